The van der Waals surface area contributed by atoms with E-state index in [1.165, 1.54) is 0 Å². The van der Waals surface area contributed by atoms with Crippen molar-refractivity contribution in [2.24, 2.45) is 34.2 Å². The van der Waals surface area contributed by atoms with Gasteiger partial charge in [-0.15, -0.1) is 0 Å². The monoisotopic (exact) mass is 523 g/mol. The van der Waals surface area contributed by atoms with Gasteiger partial charge in [0.15, 0.2) is 0 Å². The predicted molar refractivity (Wildman–Crippen MR) is 139 cm³/mol. The number of nitrogens with zero attached hydrogens (tertiary/aromatic N) is 1. The second-order valence-electron chi connectivity index (χ2n) is 9.84. The molecule has 0 spiro atoms. The molecule has 0 aromatic rings. The van der Waals surface area contributed by atoms with Crippen molar-refractivity contribution < 1.29 is 22.3 Å². The van der Waals surface area contributed by atoms with E-state index in [9.17, 15) is 17.6 Å². The number of halogens is 4. The zero-order valence-electron chi connectivity index (χ0n) is 21.5. The molecule has 204 valence electrons. The number of rotatable bonds is 7. The maximum absolute atomic E-state index is 14.9. The summed E-state index contributed by atoms with van der Waals surface area (Å²) < 4.78 is 60.8. The van der Waals surface area contributed by atoms with Gasteiger partial charge >= 0.3 is 6.18 Å². The van der Waals surface area contributed by atoms with E-state index in [1.54, 1.807) is 21.0 Å². The number of piperidine rings is 1. The lowest BCUT2D eigenvalue weighted by Gasteiger charge is -2.34. The number of amidine groups is 1. The van der Waals surface area contributed by atoms with Crippen LogP contribution in [-0.2, 0) is 4.74 Å². The van der Waals surface area contributed by atoms with Gasteiger partial charge in [-0.05, 0) is 64.3 Å². The zero-order valence-corrected chi connectivity index (χ0v) is 21.5. The molecule has 6 N–H and O–H groups in total. The van der Waals surface area contributed by atoms with E-state index in [2.05, 4.69) is 28.3 Å². The number of alkyl halides is 3. The summed E-state index contributed by atoms with van der Waals surface area (Å²) in [5, 5.41) is 6.46. The van der Waals surface area contributed by atoms with Gasteiger partial charge < -0.3 is 26.8 Å². The van der Waals surface area contributed by atoms with Crippen LogP contribution in [0.2, 0.25) is 0 Å². The highest BCUT2D eigenvalue weighted by Crippen LogP contribution is 2.40. The third-order valence-corrected chi connectivity index (χ3v) is 7.07. The van der Waals surface area contributed by atoms with Gasteiger partial charge in [-0.3, -0.25) is 0 Å². The molecule has 4 atom stereocenters. The fraction of sp³-hybridized carbons (Fsp3) is 0.519. The van der Waals surface area contributed by atoms with Crippen molar-refractivity contribution in [1.82, 2.24) is 10.6 Å². The van der Waals surface area contributed by atoms with Crippen LogP contribution in [0.4, 0.5) is 17.6 Å². The van der Waals surface area contributed by atoms with Crippen LogP contribution < -0.4 is 22.1 Å². The molecule has 10 heteroatoms. The Morgan fingerprint density at radius 2 is 1.97 bits per heavy atom. The highest BCUT2D eigenvalue weighted by atomic mass is 19.4. The first-order valence-corrected chi connectivity index (χ1v) is 12.5. The summed E-state index contributed by atoms with van der Waals surface area (Å²) in [5.74, 6) is -1.46. The van der Waals surface area contributed by atoms with Crippen LogP contribution in [-0.4, -0.2) is 44.4 Å². The number of nitrogens with one attached hydrogen (secondary N) is 2. The SMILES string of the molecule is C=C(NC(C)C1CC(N)=CC(C(F)(F)F)=C1F)C1=C/C=C\C(C2CCNCC2)C(OC)/C=C\1N=C(C)N. The molecule has 37 heavy (non-hydrogen) atoms. The fourth-order valence-electron chi connectivity index (χ4n) is 5.18. The van der Waals surface area contributed by atoms with Gasteiger partial charge in [-0.2, -0.15) is 13.2 Å². The van der Waals surface area contributed by atoms with Gasteiger partial charge in [0.2, 0.25) is 0 Å². The number of hydrogen-bond acceptors (Lipinski definition) is 5. The molecule has 0 saturated carbocycles. The van der Waals surface area contributed by atoms with Crippen molar-refractivity contribution in [2.75, 3.05) is 20.2 Å². The molecule has 0 radical (unpaired) electrons. The number of ether oxygens (including phenoxy) is 1. The van der Waals surface area contributed by atoms with Crippen molar-refractivity contribution in [2.45, 2.75) is 51.4 Å². The van der Waals surface area contributed by atoms with E-state index in [-0.39, 0.29) is 24.1 Å². The van der Waals surface area contributed by atoms with E-state index in [0.717, 1.165) is 25.9 Å². The highest BCUT2D eigenvalue weighted by Gasteiger charge is 2.41. The predicted octanol–water partition coefficient (Wildman–Crippen LogP) is 4.51. The number of methoxy groups -OCH3 is 1. The summed E-state index contributed by atoms with van der Waals surface area (Å²) in [6, 6.07) is -0.739. The van der Waals surface area contributed by atoms with Crippen molar-refractivity contribution in [3.63, 3.8) is 0 Å². The molecule has 0 amide bonds. The van der Waals surface area contributed by atoms with E-state index in [4.69, 9.17) is 16.2 Å². The molecule has 3 aliphatic rings. The van der Waals surface area contributed by atoms with Crippen molar-refractivity contribution in [3.05, 3.63) is 71.0 Å². The van der Waals surface area contributed by atoms with Gasteiger partial charge in [0, 0.05) is 42.0 Å². The first kappa shape index (κ1) is 28.7. The molecular formula is C27H37F4N5O. The summed E-state index contributed by atoms with van der Waals surface area (Å²) in [6.07, 6.45) is 5.33. The third kappa shape index (κ3) is 7.13. The van der Waals surface area contributed by atoms with E-state index < -0.39 is 29.5 Å². The van der Waals surface area contributed by atoms with Gasteiger partial charge in [0.1, 0.15) is 5.83 Å². The number of allylic oxidation sites excluding steroid dienone is 5. The smallest absolute Gasteiger partial charge is 0.402 e. The van der Waals surface area contributed by atoms with Crippen LogP contribution in [0.15, 0.2) is 76.0 Å². The summed E-state index contributed by atoms with van der Waals surface area (Å²) in [7, 11) is 1.65. The van der Waals surface area contributed by atoms with Gasteiger partial charge in [0.25, 0.3) is 0 Å². The Morgan fingerprint density at radius 3 is 2.57 bits per heavy atom. The Kier molecular flexibility index (Phi) is 9.41. The average molecular weight is 524 g/mol. The Hall–Kier alpha value is -2.85. The molecule has 1 saturated heterocycles. The number of hydrogen-bond donors (Lipinski definition) is 4. The summed E-state index contributed by atoms with van der Waals surface area (Å²) in [5.41, 5.74) is 11.8. The normalized spacial score (nSPS) is 30.7. The van der Waals surface area contributed by atoms with Crippen LogP contribution >= 0.6 is 0 Å². The summed E-state index contributed by atoms with van der Waals surface area (Å²) in [4.78, 5) is 4.51. The molecule has 4 unspecified atom stereocenters. The molecular weight excluding hydrogens is 486 g/mol. The van der Waals surface area contributed by atoms with Crippen LogP contribution in [0, 0.1) is 17.8 Å². The lowest BCUT2D eigenvalue weighted by molar-refractivity contribution is -0.0912. The molecule has 0 aromatic heterocycles. The minimum Gasteiger partial charge on any atom is -0.402 e. The quantitative estimate of drug-likeness (QED) is 0.224. The van der Waals surface area contributed by atoms with Crippen LogP contribution in [0.1, 0.15) is 33.1 Å². The van der Waals surface area contributed by atoms with Crippen LogP contribution in [0.25, 0.3) is 0 Å². The van der Waals surface area contributed by atoms with E-state index in [1.807, 2.05) is 18.2 Å². The first-order chi connectivity index (χ1) is 17.4. The third-order valence-electron chi connectivity index (χ3n) is 7.07. The number of nitrogens with two attached hydrogens (primary N) is 2. The van der Waals surface area contributed by atoms with Crippen molar-refractivity contribution >= 4 is 5.84 Å². The Balaban J connectivity index is 1.90. The average Bonchev–Trinajstić information content (AvgIpc) is 2.81. The first-order valence-electron chi connectivity index (χ1n) is 12.5. The second-order valence-corrected chi connectivity index (χ2v) is 9.84. The minimum atomic E-state index is -4.83. The van der Waals surface area contributed by atoms with E-state index in [0.29, 0.717) is 34.8 Å². The van der Waals surface area contributed by atoms with Crippen molar-refractivity contribution in [3.8, 4) is 0 Å². The number of aliphatic imine (C=N–C) groups is 1. The molecule has 0 aromatic carbocycles. The van der Waals surface area contributed by atoms with Crippen molar-refractivity contribution in [1.29, 1.82) is 0 Å². The maximum Gasteiger partial charge on any atom is 0.418 e. The van der Waals surface area contributed by atoms with E-state index >= 15 is 0 Å². The minimum absolute atomic E-state index is 0.0260. The Morgan fingerprint density at radius 1 is 1.30 bits per heavy atom. The molecule has 1 heterocycles. The summed E-state index contributed by atoms with van der Waals surface area (Å²) >= 11 is 0. The molecule has 1 aliphatic heterocycles. The maximum atomic E-state index is 14.9. The lowest BCUT2D eigenvalue weighted by atomic mass is 9.80. The lowest BCUT2D eigenvalue weighted by Crippen LogP contribution is -2.37. The molecule has 0 bridgehead atoms. The van der Waals surface area contributed by atoms with Gasteiger partial charge in [-0.1, -0.05) is 24.8 Å². The topological polar surface area (TPSA) is 97.7 Å². The zero-order chi connectivity index (χ0) is 27.3. The van der Waals surface area contributed by atoms with Gasteiger partial charge in [0.05, 0.1) is 23.2 Å². The Bertz CT molecular complexity index is 1040. The Labute approximate surface area is 216 Å². The molecule has 2 aliphatic carbocycles. The fourth-order valence-corrected chi connectivity index (χ4v) is 5.18. The standard InChI is InChI=1S/C27H37F4N5O/c1-15(35-16(2)22-12-19(33)13-23(26(22)28)27(29,30)31)20-6-5-7-21(18-8-10-34-11-9-18)25(37-4)14-24(20)36-17(3)32/h5-7,13-14,16,18,21-22,25,34-35H,1,8-12,33H2,2-4H3,(H2,32,36)/b7-5-,20-6-,24-14+. The van der Waals surface area contributed by atoms with Gasteiger partial charge in [-0.25, -0.2) is 9.38 Å². The molecule has 3 rings (SSSR count). The summed E-state index contributed by atoms with van der Waals surface area (Å²) in [6.45, 7) is 9.26. The largest absolute Gasteiger partial charge is 0.418 e. The van der Waals surface area contributed by atoms with Crippen LogP contribution in [0.5, 0.6) is 0 Å². The highest BCUT2D eigenvalue weighted by molar-refractivity contribution is 5.79. The molecule has 6 nitrogen and oxygen atoms in total. The molecule has 1 fully saturated rings. The second kappa shape index (κ2) is 12.1. The van der Waals surface area contributed by atoms with Crippen LogP contribution in [0.3, 0.4) is 0 Å².